The van der Waals surface area contributed by atoms with Crippen LogP contribution < -0.4 is 5.32 Å². The maximum absolute atomic E-state index is 13.2. The molecule has 1 aliphatic rings. The van der Waals surface area contributed by atoms with Crippen LogP contribution in [0.1, 0.15) is 373 Å². The van der Waals surface area contributed by atoms with Crippen LogP contribution in [0.3, 0.4) is 0 Å². The lowest BCUT2D eigenvalue weighted by molar-refractivity contribution is -0.302. The molecule has 0 aromatic heterocycles. The minimum atomic E-state index is -1.57. The molecule has 9 nitrogen and oxygen atoms in total. The van der Waals surface area contributed by atoms with Crippen molar-refractivity contribution in [3.63, 3.8) is 0 Å². The molecule has 87 heavy (non-hydrogen) atoms. The van der Waals surface area contributed by atoms with E-state index in [0.29, 0.717) is 6.42 Å². The molecule has 1 saturated heterocycles. The average Bonchev–Trinajstić information content (AvgIpc) is 3.38. The second kappa shape index (κ2) is 66.8. The molecule has 0 bridgehead atoms. The van der Waals surface area contributed by atoms with E-state index in [2.05, 4.69) is 67.8 Å². The lowest BCUT2D eigenvalue weighted by Gasteiger charge is -2.40. The van der Waals surface area contributed by atoms with E-state index in [1.165, 1.54) is 289 Å². The zero-order valence-electron chi connectivity index (χ0n) is 57.3. The molecule has 7 atom stereocenters. The summed E-state index contributed by atoms with van der Waals surface area (Å²) in [6.07, 6.45) is 86.4. The number of unbranched alkanes of at least 4 members (excludes halogenated alkanes) is 49. The van der Waals surface area contributed by atoms with Crippen molar-refractivity contribution in [1.82, 2.24) is 5.32 Å². The van der Waals surface area contributed by atoms with Crippen LogP contribution in [0, 0.1) is 0 Å². The van der Waals surface area contributed by atoms with Gasteiger partial charge in [0, 0.05) is 6.42 Å². The molecule has 0 saturated carbocycles. The number of aliphatic hydroxyl groups is 5. The minimum Gasteiger partial charge on any atom is -0.394 e. The summed E-state index contributed by atoms with van der Waals surface area (Å²) in [6.45, 7) is 3.72. The fourth-order valence-corrected chi connectivity index (χ4v) is 12.2. The number of allylic oxidation sites excluding steroid dienone is 9. The van der Waals surface area contributed by atoms with Crippen molar-refractivity contribution >= 4 is 5.91 Å². The molecule has 0 aromatic rings. The van der Waals surface area contributed by atoms with Crippen LogP contribution in [0.2, 0.25) is 0 Å². The Labute approximate surface area is 538 Å². The van der Waals surface area contributed by atoms with Crippen molar-refractivity contribution in [2.24, 2.45) is 0 Å². The maximum Gasteiger partial charge on any atom is 0.220 e. The van der Waals surface area contributed by atoms with Crippen LogP contribution in [0.15, 0.2) is 60.8 Å². The molecule has 510 valence electrons. The number of ether oxygens (including phenoxy) is 2. The number of amides is 1. The molecule has 1 aliphatic heterocycles. The van der Waals surface area contributed by atoms with E-state index in [1.807, 2.05) is 6.08 Å². The summed E-state index contributed by atoms with van der Waals surface area (Å²) in [4.78, 5) is 13.2. The van der Waals surface area contributed by atoms with Crippen molar-refractivity contribution < 1.29 is 39.8 Å². The summed E-state index contributed by atoms with van der Waals surface area (Å²) in [7, 11) is 0. The topological polar surface area (TPSA) is 149 Å². The first-order chi connectivity index (χ1) is 42.8. The summed E-state index contributed by atoms with van der Waals surface area (Å²) >= 11 is 0. The van der Waals surface area contributed by atoms with Gasteiger partial charge in [-0.15, -0.1) is 0 Å². The van der Waals surface area contributed by atoms with E-state index in [1.54, 1.807) is 6.08 Å². The second-order valence-corrected chi connectivity index (χ2v) is 26.4. The third kappa shape index (κ3) is 55.3. The molecule has 9 heteroatoms. The van der Waals surface area contributed by atoms with Crippen LogP contribution in [0.4, 0.5) is 0 Å². The van der Waals surface area contributed by atoms with Crippen LogP contribution in [0.5, 0.6) is 0 Å². The highest BCUT2D eigenvalue weighted by atomic mass is 16.7. The third-order valence-electron chi connectivity index (χ3n) is 18.1. The Kier molecular flexibility index (Phi) is 63.7. The molecule has 0 spiro atoms. The predicted octanol–water partition coefficient (Wildman–Crippen LogP) is 21.3. The fraction of sp³-hybridized carbons (Fsp3) is 0.859. The normalized spacial score (nSPS) is 18.3. The number of nitrogens with one attached hydrogen (secondary N) is 1. The molecule has 0 aliphatic carbocycles. The Balaban J connectivity index is 2.06. The molecule has 1 fully saturated rings. The molecular formula is C78H145NO8. The Morgan fingerprint density at radius 2 is 0.713 bits per heavy atom. The first kappa shape index (κ1) is 82.9. The highest BCUT2D eigenvalue weighted by Gasteiger charge is 2.44. The summed E-state index contributed by atoms with van der Waals surface area (Å²) in [5, 5.41) is 54.9. The van der Waals surface area contributed by atoms with Gasteiger partial charge >= 0.3 is 0 Å². The number of carbonyl (C=O) groups excluding carboxylic acids is 1. The molecule has 1 heterocycles. The van der Waals surface area contributed by atoms with E-state index >= 15 is 0 Å². The third-order valence-corrected chi connectivity index (χ3v) is 18.1. The van der Waals surface area contributed by atoms with Gasteiger partial charge in [-0.1, -0.05) is 370 Å². The monoisotopic (exact) mass is 1220 g/mol. The van der Waals surface area contributed by atoms with Gasteiger partial charge in [0.15, 0.2) is 6.29 Å². The maximum atomic E-state index is 13.2. The Hall–Kier alpha value is -2.11. The molecule has 0 radical (unpaired) electrons. The van der Waals surface area contributed by atoms with Gasteiger partial charge < -0.3 is 40.3 Å². The molecule has 7 unspecified atom stereocenters. The SMILES string of the molecule is CC/C=C\C/C=C\C/C=C\C/C=C\CCCCCCCCCCCCCCCCCCCCCCCCCCCCC(=O)NC(COC1OC(CO)C(O)C(O)C1O)C(O)/C=C/CCCCCCCCCCCCCCCCCCCCCCCCC. The second-order valence-electron chi connectivity index (χ2n) is 26.4. The number of hydrogen-bond donors (Lipinski definition) is 6. The predicted molar refractivity (Wildman–Crippen MR) is 373 cm³/mol. The van der Waals surface area contributed by atoms with Gasteiger partial charge in [-0.2, -0.15) is 0 Å². The van der Waals surface area contributed by atoms with Gasteiger partial charge in [-0.3, -0.25) is 4.79 Å². The Morgan fingerprint density at radius 3 is 1.06 bits per heavy atom. The van der Waals surface area contributed by atoms with E-state index in [-0.39, 0.29) is 12.5 Å². The van der Waals surface area contributed by atoms with Crippen molar-refractivity contribution in [2.75, 3.05) is 13.2 Å². The largest absolute Gasteiger partial charge is 0.394 e. The molecular weight excluding hydrogens is 1080 g/mol. The minimum absolute atomic E-state index is 0.169. The molecule has 1 amide bonds. The number of hydrogen-bond acceptors (Lipinski definition) is 8. The van der Waals surface area contributed by atoms with Crippen LogP contribution >= 0.6 is 0 Å². The summed E-state index contributed by atoms with van der Waals surface area (Å²) in [6, 6.07) is -0.806. The zero-order valence-corrected chi connectivity index (χ0v) is 57.3. The lowest BCUT2D eigenvalue weighted by atomic mass is 9.99. The summed E-state index contributed by atoms with van der Waals surface area (Å²) in [5.74, 6) is -0.169. The van der Waals surface area contributed by atoms with Crippen molar-refractivity contribution in [3.05, 3.63) is 60.8 Å². The highest BCUT2D eigenvalue weighted by molar-refractivity contribution is 5.76. The van der Waals surface area contributed by atoms with Gasteiger partial charge in [-0.05, 0) is 57.8 Å². The fourth-order valence-electron chi connectivity index (χ4n) is 12.2. The summed E-state index contributed by atoms with van der Waals surface area (Å²) in [5.41, 5.74) is 0. The standard InChI is InChI=1S/C78H145NO8/c1-3-5-7-9-11-13-15-17-19-21-23-25-27-29-30-31-32-33-34-35-36-37-38-39-40-41-42-44-46-48-50-52-54-56-58-60-62-64-66-68-74(82)79-71(70-86-78-77(85)76(84)75(83)73(69-80)87-78)72(81)67-65-63-61-59-57-55-53-51-49-47-45-43-28-26-24-22-20-18-16-14-12-10-8-6-4-2/h5,7,11,13,17,19,23,25,65,67,71-73,75-78,80-81,83-85H,3-4,6,8-10,12,14-16,18,20-22,24,26-64,66,68-70H2,1-2H3,(H,79,82)/b7-5-,13-11-,19-17-,25-23-,67-65+. The first-order valence-corrected chi connectivity index (χ1v) is 38.0. The van der Waals surface area contributed by atoms with Crippen LogP contribution in [-0.4, -0.2) is 87.5 Å². The highest BCUT2D eigenvalue weighted by Crippen LogP contribution is 2.24. The lowest BCUT2D eigenvalue weighted by Crippen LogP contribution is -2.60. The van der Waals surface area contributed by atoms with E-state index in [9.17, 15) is 30.3 Å². The van der Waals surface area contributed by atoms with Gasteiger partial charge in [0.1, 0.15) is 24.4 Å². The Bertz CT molecular complexity index is 1560. The van der Waals surface area contributed by atoms with E-state index in [4.69, 9.17) is 9.47 Å². The molecule has 6 N–H and O–H groups in total. The quantitative estimate of drug-likeness (QED) is 0.0261. The average molecular weight is 1230 g/mol. The van der Waals surface area contributed by atoms with Gasteiger partial charge in [0.2, 0.25) is 5.91 Å². The Morgan fingerprint density at radius 1 is 0.402 bits per heavy atom. The zero-order chi connectivity index (χ0) is 62.8. The van der Waals surface area contributed by atoms with E-state index < -0.39 is 49.5 Å². The van der Waals surface area contributed by atoms with Crippen LogP contribution in [0.25, 0.3) is 0 Å². The summed E-state index contributed by atoms with van der Waals surface area (Å²) < 4.78 is 11.3. The number of aliphatic hydroxyl groups excluding tert-OH is 5. The van der Waals surface area contributed by atoms with Gasteiger partial charge in [0.25, 0.3) is 0 Å². The van der Waals surface area contributed by atoms with Crippen LogP contribution in [-0.2, 0) is 14.3 Å². The number of rotatable bonds is 67. The number of carbonyl (C=O) groups is 1. The van der Waals surface area contributed by atoms with Crippen molar-refractivity contribution in [3.8, 4) is 0 Å². The molecule has 0 aromatic carbocycles. The smallest absolute Gasteiger partial charge is 0.220 e. The first-order valence-electron chi connectivity index (χ1n) is 38.0. The van der Waals surface area contributed by atoms with Crippen molar-refractivity contribution in [2.45, 2.75) is 416 Å². The van der Waals surface area contributed by atoms with Crippen molar-refractivity contribution in [1.29, 1.82) is 0 Å². The van der Waals surface area contributed by atoms with Gasteiger partial charge in [-0.25, -0.2) is 0 Å². The molecule has 1 rings (SSSR count). The van der Waals surface area contributed by atoms with E-state index in [0.717, 1.165) is 64.2 Å². The van der Waals surface area contributed by atoms with Gasteiger partial charge in [0.05, 0.1) is 25.4 Å².